The molecule has 0 radical (unpaired) electrons. The molecule has 0 spiro atoms. The second-order valence-electron chi connectivity index (χ2n) is 11.4. The van der Waals surface area contributed by atoms with Crippen LogP contribution in [0.25, 0.3) is 22.5 Å². The third-order valence-electron chi connectivity index (χ3n) is 8.09. The predicted molar refractivity (Wildman–Crippen MR) is 166 cm³/mol. The van der Waals surface area contributed by atoms with E-state index in [1.54, 1.807) is 0 Å². The first kappa shape index (κ1) is 27.8. The lowest BCUT2D eigenvalue weighted by Crippen LogP contribution is -2.52. The number of hydrogen-bond donors (Lipinski definition) is 2. The Hall–Kier alpha value is -4.40. The number of benzene rings is 2. The van der Waals surface area contributed by atoms with E-state index in [0.717, 1.165) is 60.1 Å². The highest BCUT2D eigenvalue weighted by Crippen LogP contribution is 2.33. The molecule has 4 aromatic rings. The molecule has 42 heavy (non-hydrogen) atoms. The van der Waals surface area contributed by atoms with Crippen molar-refractivity contribution in [3.05, 3.63) is 96.3 Å². The summed E-state index contributed by atoms with van der Waals surface area (Å²) in [6.45, 7) is 6.93. The zero-order valence-corrected chi connectivity index (χ0v) is 24.1. The maximum absolute atomic E-state index is 11.5. The van der Waals surface area contributed by atoms with Gasteiger partial charge in [-0.25, -0.2) is 0 Å². The second kappa shape index (κ2) is 12.2. The van der Waals surface area contributed by atoms with Crippen LogP contribution in [-0.2, 0) is 22.7 Å². The summed E-state index contributed by atoms with van der Waals surface area (Å²) in [5.41, 5.74) is 7.88. The number of amides is 2. The van der Waals surface area contributed by atoms with Crippen LogP contribution in [-0.4, -0.2) is 56.8 Å². The highest BCUT2D eigenvalue weighted by atomic mass is 16.2. The fraction of sp³-hybridized carbons (Fsp3) is 0.294. The van der Waals surface area contributed by atoms with E-state index in [1.807, 2.05) is 60.9 Å². The number of piperazine rings is 1. The van der Waals surface area contributed by atoms with Gasteiger partial charge in [-0.15, -0.1) is 0 Å². The van der Waals surface area contributed by atoms with Gasteiger partial charge in [0.15, 0.2) is 0 Å². The number of anilines is 2. The number of hydrogen-bond acceptors (Lipinski definition) is 6. The molecule has 0 unspecified atom stereocenters. The van der Waals surface area contributed by atoms with Crippen LogP contribution in [0.5, 0.6) is 0 Å². The summed E-state index contributed by atoms with van der Waals surface area (Å²) in [7, 11) is 0. The smallest absolute Gasteiger partial charge is 0.221 e. The van der Waals surface area contributed by atoms with Crippen LogP contribution in [0.1, 0.15) is 37.8 Å². The molecule has 2 aromatic carbocycles. The van der Waals surface area contributed by atoms with Crippen molar-refractivity contribution in [3.63, 3.8) is 0 Å². The Balaban J connectivity index is 1.11. The van der Waals surface area contributed by atoms with Crippen molar-refractivity contribution >= 4 is 23.2 Å². The van der Waals surface area contributed by atoms with Gasteiger partial charge in [0, 0.05) is 87.0 Å². The highest BCUT2D eigenvalue weighted by Gasteiger charge is 2.39. The number of carbonyl (C=O) groups is 2. The summed E-state index contributed by atoms with van der Waals surface area (Å²) in [6.07, 6.45) is 6.21. The van der Waals surface area contributed by atoms with Gasteiger partial charge in [0.1, 0.15) is 0 Å². The van der Waals surface area contributed by atoms with Crippen LogP contribution >= 0.6 is 0 Å². The number of nitrogens with one attached hydrogen (secondary N) is 2. The average molecular weight is 561 g/mol. The number of rotatable bonds is 8. The molecule has 2 fully saturated rings. The Morgan fingerprint density at radius 2 is 1.21 bits per heavy atom. The van der Waals surface area contributed by atoms with Gasteiger partial charge in [-0.2, -0.15) is 0 Å². The van der Waals surface area contributed by atoms with E-state index in [2.05, 4.69) is 54.7 Å². The van der Waals surface area contributed by atoms with Crippen LogP contribution in [0.15, 0.2) is 85.2 Å². The first-order valence-corrected chi connectivity index (χ1v) is 14.5. The number of pyridine rings is 2. The van der Waals surface area contributed by atoms with Crippen molar-refractivity contribution in [2.24, 2.45) is 0 Å². The second-order valence-corrected chi connectivity index (χ2v) is 11.4. The Labute approximate surface area is 246 Å². The van der Waals surface area contributed by atoms with Crippen molar-refractivity contribution in [2.45, 2.75) is 51.9 Å². The molecule has 0 aliphatic carbocycles. The maximum atomic E-state index is 11.5. The molecule has 4 heterocycles. The van der Waals surface area contributed by atoms with Crippen LogP contribution in [0.2, 0.25) is 0 Å². The van der Waals surface area contributed by atoms with Crippen molar-refractivity contribution < 1.29 is 9.59 Å². The number of fused-ring (bicyclic) bond motifs is 2. The molecule has 2 aromatic heterocycles. The average Bonchev–Trinajstić information content (AvgIpc) is 3.19. The van der Waals surface area contributed by atoms with Crippen LogP contribution in [0, 0.1) is 0 Å². The van der Waals surface area contributed by atoms with Crippen molar-refractivity contribution in [1.29, 1.82) is 0 Å². The summed E-state index contributed by atoms with van der Waals surface area (Å²) in [4.78, 5) is 37.5. The largest absolute Gasteiger partial charge is 0.326 e. The molecule has 214 valence electrons. The third kappa shape index (κ3) is 6.56. The van der Waals surface area contributed by atoms with Gasteiger partial charge in [-0.1, -0.05) is 24.3 Å². The monoisotopic (exact) mass is 560 g/mol. The Bertz CT molecular complexity index is 1590. The van der Waals surface area contributed by atoms with E-state index in [-0.39, 0.29) is 11.8 Å². The van der Waals surface area contributed by atoms with Gasteiger partial charge >= 0.3 is 0 Å². The Morgan fingerprint density at radius 1 is 0.714 bits per heavy atom. The molecular formula is C34H36N6O2. The summed E-state index contributed by atoms with van der Waals surface area (Å²) in [5, 5.41) is 5.72. The molecular weight excluding hydrogens is 524 g/mol. The van der Waals surface area contributed by atoms with Gasteiger partial charge in [-0.3, -0.25) is 29.4 Å². The van der Waals surface area contributed by atoms with Crippen LogP contribution in [0.4, 0.5) is 11.4 Å². The SMILES string of the molecule is CC(=O)Nc1cccc(-c2cc(CN3C[C@H]4CC[C@@H](C3)N4Cc3ccnc(-c4cccc(NC(C)=O)c4)c3)ccn2)c1. The summed E-state index contributed by atoms with van der Waals surface area (Å²) >= 11 is 0. The van der Waals surface area contributed by atoms with E-state index in [9.17, 15) is 9.59 Å². The minimum atomic E-state index is -0.0829. The molecule has 8 heteroatoms. The summed E-state index contributed by atoms with van der Waals surface area (Å²) in [6, 6.07) is 25.3. The minimum Gasteiger partial charge on any atom is -0.326 e. The number of carbonyl (C=O) groups excluding carboxylic acids is 2. The van der Waals surface area contributed by atoms with E-state index in [0.29, 0.717) is 12.1 Å². The topological polar surface area (TPSA) is 90.5 Å². The van der Waals surface area contributed by atoms with Crippen molar-refractivity contribution in [1.82, 2.24) is 19.8 Å². The number of aromatic nitrogens is 2. The molecule has 6 rings (SSSR count). The lowest BCUT2D eigenvalue weighted by molar-refractivity contribution is -0.115. The van der Waals surface area contributed by atoms with E-state index in [4.69, 9.17) is 0 Å². The zero-order valence-electron chi connectivity index (χ0n) is 24.1. The van der Waals surface area contributed by atoms with Crippen LogP contribution in [0.3, 0.4) is 0 Å². The first-order chi connectivity index (χ1) is 20.4. The van der Waals surface area contributed by atoms with Crippen molar-refractivity contribution in [3.8, 4) is 22.5 Å². The molecule has 2 aliphatic heterocycles. The minimum absolute atomic E-state index is 0.0821. The van der Waals surface area contributed by atoms with Gasteiger partial charge in [-0.05, 0) is 72.5 Å². The fourth-order valence-corrected chi connectivity index (χ4v) is 6.31. The third-order valence-corrected chi connectivity index (χ3v) is 8.09. The van der Waals surface area contributed by atoms with Gasteiger partial charge in [0.25, 0.3) is 0 Å². The summed E-state index contributed by atoms with van der Waals surface area (Å²) < 4.78 is 0. The number of nitrogens with zero attached hydrogens (tertiary/aromatic N) is 4. The molecule has 2 bridgehead atoms. The van der Waals surface area contributed by atoms with Gasteiger partial charge in [0.2, 0.25) is 11.8 Å². The first-order valence-electron chi connectivity index (χ1n) is 14.5. The van der Waals surface area contributed by atoms with Crippen molar-refractivity contribution in [2.75, 3.05) is 23.7 Å². The fourth-order valence-electron chi connectivity index (χ4n) is 6.31. The molecule has 2 amide bonds. The van der Waals surface area contributed by atoms with E-state index < -0.39 is 0 Å². The molecule has 2 aliphatic rings. The van der Waals surface area contributed by atoms with E-state index >= 15 is 0 Å². The van der Waals surface area contributed by atoms with Gasteiger partial charge in [0.05, 0.1) is 11.4 Å². The summed E-state index contributed by atoms with van der Waals surface area (Å²) in [5.74, 6) is -0.165. The zero-order chi connectivity index (χ0) is 29.1. The lowest BCUT2D eigenvalue weighted by atomic mass is 10.1. The predicted octanol–water partition coefficient (Wildman–Crippen LogP) is 5.58. The molecule has 0 saturated carbocycles. The Morgan fingerprint density at radius 3 is 1.71 bits per heavy atom. The Kier molecular flexibility index (Phi) is 8.08. The molecule has 2 N–H and O–H groups in total. The standard InChI is InChI=1S/C34H36N6O2/c1-23(41)37-29-7-3-5-27(17-29)33-15-25(11-13-35-33)19-39-21-31-9-10-32(22-39)40(31)20-26-12-14-36-34(16-26)28-6-4-8-30(18-28)38-24(2)42/h3-8,11-18,31-32H,9-10,19-22H2,1-2H3,(H,37,41)(H,38,42)/t31-,32+. The normalized spacial score (nSPS) is 18.5. The molecule has 2 saturated heterocycles. The lowest BCUT2D eigenvalue weighted by Gasteiger charge is -2.41. The molecule has 8 nitrogen and oxygen atoms in total. The quantitative estimate of drug-likeness (QED) is 0.293. The highest BCUT2D eigenvalue weighted by molar-refractivity contribution is 5.90. The van der Waals surface area contributed by atoms with Crippen LogP contribution < -0.4 is 10.6 Å². The van der Waals surface area contributed by atoms with Gasteiger partial charge < -0.3 is 10.6 Å². The molecule has 2 atom stereocenters. The maximum Gasteiger partial charge on any atom is 0.221 e. The van der Waals surface area contributed by atoms with E-state index in [1.165, 1.54) is 37.8 Å². The number of likely N-dealkylation sites (tertiary alicyclic amines) is 1.